The van der Waals surface area contributed by atoms with E-state index in [0.29, 0.717) is 22.7 Å². The van der Waals surface area contributed by atoms with Crippen LogP contribution >= 0.6 is 0 Å². The molecule has 164 valence electrons. The average molecular weight is 439 g/mol. The number of rotatable bonds is 4. The lowest BCUT2D eigenvalue weighted by atomic mass is 10.0. The summed E-state index contributed by atoms with van der Waals surface area (Å²) >= 11 is 0. The lowest BCUT2D eigenvalue weighted by Crippen LogP contribution is -2.15. The maximum atomic E-state index is 13.2. The maximum absolute atomic E-state index is 13.2. The van der Waals surface area contributed by atoms with Crippen molar-refractivity contribution in [2.24, 2.45) is 7.05 Å². The van der Waals surface area contributed by atoms with Crippen LogP contribution in [0.1, 0.15) is 15.9 Å². The highest BCUT2D eigenvalue weighted by Gasteiger charge is 2.31. The molecule has 0 amide bonds. The number of carbonyl (C=O) groups excluding carboxylic acids is 1. The molecule has 8 heteroatoms. The molecule has 0 spiro atoms. The number of halogens is 3. The number of ether oxygens (including phenoxy) is 1. The number of hydrogen-bond donors (Lipinski definition) is 0. The first-order valence-corrected chi connectivity index (χ1v) is 9.76. The van der Waals surface area contributed by atoms with Gasteiger partial charge in [0, 0.05) is 25.3 Å². The topological polar surface area (TPSA) is 47.4 Å². The van der Waals surface area contributed by atoms with Gasteiger partial charge in [-0.05, 0) is 42.0 Å². The van der Waals surface area contributed by atoms with E-state index in [9.17, 15) is 18.0 Å². The van der Waals surface area contributed by atoms with Gasteiger partial charge in [0.05, 0.1) is 29.3 Å². The van der Waals surface area contributed by atoms with Gasteiger partial charge in [-0.15, -0.1) is 0 Å². The van der Waals surface area contributed by atoms with Gasteiger partial charge in [-0.3, -0.25) is 0 Å². The van der Waals surface area contributed by atoms with Gasteiger partial charge < -0.3 is 14.2 Å². The van der Waals surface area contributed by atoms with Crippen molar-refractivity contribution in [3.8, 4) is 11.1 Å². The molecule has 0 saturated heterocycles. The number of aryl methyl sites for hydroxylation is 1. The molecule has 0 fully saturated rings. The Balaban J connectivity index is 1.82. The maximum Gasteiger partial charge on any atom is 0.416 e. The Hall–Kier alpha value is -3.81. The van der Waals surface area contributed by atoms with Gasteiger partial charge in [-0.2, -0.15) is 13.2 Å². The van der Waals surface area contributed by atoms with Gasteiger partial charge in [0.15, 0.2) is 0 Å². The van der Waals surface area contributed by atoms with Crippen LogP contribution in [0, 0.1) is 0 Å². The fourth-order valence-corrected chi connectivity index (χ4v) is 3.67. The molecule has 0 aliphatic heterocycles. The van der Waals surface area contributed by atoms with E-state index in [1.807, 2.05) is 35.9 Å². The van der Waals surface area contributed by atoms with E-state index in [-0.39, 0.29) is 0 Å². The SMILES string of the molecule is COC(=O)c1cccc(-c2cccc3c2nc(N(C)c2cccc(C(F)(F)F)c2)n3C)c1. The molecule has 32 heavy (non-hydrogen) atoms. The summed E-state index contributed by atoms with van der Waals surface area (Å²) in [6.45, 7) is 0. The molecule has 0 radical (unpaired) electrons. The molecule has 4 rings (SSSR count). The number of fused-ring (bicyclic) bond motifs is 1. The largest absolute Gasteiger partial charge is 0.465 e. The van der Waals surface area contributed by atoms with Crippen LogP contribution in [0.5, 0.6) is 0 Å². The average Bonchev–Trinajstić information content (AvgIpc) is 3.14. The summed E-state index contributed by atoms with van der Waals surface area (Å²) in [5.41, 5.74) is 3.12. The van der Waals surface area contributed by atoms with Crippen LogP contribution in [0.3, 0.4) is 0 Å². The Morgan fingerprint density at radius 2 is 1.75 bits per heavy atom. The third-order valence-corrected chi connectivity index (χ3v) is 5.34. The zero-order valence-electron chi connectivity index (χ0n) is 17.6. The number of alkyl halides is 3. The normalized spacial score (nSPS) is 11.6. The number of benzene rings is 3. The predicted molar refractivity (Wildman–Crippen MR) is 117 cm³/mol. The molecule has 0 saturated carbocycles. The van der Waals surface area contributed by atoms with Crippen molar-refractivity contribution < 1.29 is 22.7 Å². The number of anilines is 2. The molecule has 0 unspecified atom stereocenters. The zero-order chi connectivity index (χ0) is 23.0. The first-order valence-electron chi connectivity index (χ1n) is 9.76. The lowest BCUT2D eigenvalue weighted by Gasteiger charge is -2.19. The summed E-state index contributed by atoms with van der Waals surface area (Å²) in [5, 5.41) is 0. The third kappa shape index (κ3) is 3.79. The highest BCUT2D eigenvalue weighted by Crippen LogP contribution is 2.35. The minimum Gasteiger partial charge on any atom is -0.465 e. The molecule has 3 aromatic carbocycles. The summed E-state index contributed by atoms with van der Waals surface area (Å²) in [7, 11) is 4.81. The van der Waals surface area contributed by atoms with E-state index < -0.39 is 17.7 Å². The van der Waals surface area contributed by atoms with Crippen LogP contribution in [-0.4, -0.2) is 29.7 Å². The van der Waals surface area contributed by atoms with E-state index >= 15 is 0 Å². The molecule has 0 aliphatic rings. The molecule has 4 aromatic rings. The second-order valence-electron chi connectivity index (χ2n) is 7.32. The first-order chi connectivity index (χ1) is 15.2. The Morgan fingerprint density at radius 3 is 2.47 bits per heavy atom. The molecule has 1 aromatic heterocycles. The third-order valence-electron chi connectivity index (χ3n) is 5.34. The van der Waals surface area contributed by atoms with E-state index in [1.165, 1.54) is 13.2 Å². The molecular weight excluding hydrogens is 419 g/mol. The summed E-state index contributed by atoms with van der Waals surface area (Å²) in [6.07, 6.45) is -4.43. The second kappa shape index (κ2) is 8.03. The second-order valence-corrected chi connectivity index (χ2v) is 7.32. The summed E-state index contributed by atoms with van der Waals surface area (Å²) in [4.78, 5) is 18.3. The van der Waals surface area contributed by atoms with Crippen LogP contribution in [0.2, 0.25) is 0 Å². The Kier molecular flexibility index (Phi) is 5.38. The van der Waals surface area contributed by atoms with Crippen molar-refractivity contribution in [2.75, 3.05) is 19.1 Å². The van der Waals surface area contributed by atoms with Gasteiger partial charge in [0.2, 0.25) is 5.95 Å². The van der Waals surface area contributed by atoms with Gasteiger partial charge >= 0.3 is 12.1 Å². The Morgan fingerprint density at radius 1 is 1.03 bits per heavy atom. The number of esters is 1. The van der Waals surface area contributed by atoms with Crippen LogP contribution in [0.4, 0.5) is 24.8 Å². The number of imidazole rings is 1. The van der Waals surface area contributed by atoms with E-state index in [0.717, 1.165) is 28.8 Å². The smallest absolute Gasteiger partial charge is 0.416 e. The van der Waals surface area contributed by atoms with Crippen molar-refractivity contribution in [2.45, 2.75) is 6.18 Å². The lowest BCUT2D eigenvalue weighted by molar-refractivity contribution is -0.137. The number of para-hydroxylation sites is 1. The van der Waals surface area contributed by atoms with Crippen LogP contribution in [0.25, 0.3) is 22.2 Å². The van der Waals surface area contributed by atoms with E-state index in [2.05, 4.69) is 0 Å². The zero-order valence-corrected chi connectivity index (χ0v) is 17.6. The minimum atomic E-state index is -4.43. The highest BCUT2D eigenvalue weighted by molar-refractivity contribution is 5.96. The predicted octanol–water partition coefficient (Wildman–Crippen LogP) is 5.81. The quantitative estimate of drug-likeness (QED) is 0.376. The summed E-state index contributed by atoms with van der Waals surface area (Å²) in [6, 6.07) is 17.8. The minimum absolute atomic E-state index is 0.368. The van der Waals surface area contributed by atoms with Gasteiger partial charge in [0.25, 0.3) is 0 Å². The van der Waals surface area contributed by atoms with Crippen molar-refractivity contribution in [3.05, 3.63) is 77.9 Å². The van der Waals surface area contributed by atoms with Crippen LogP contribution in [-0.2, 0) is 18.0 Å². The van der Waals surface area contributed by atoms with Crippen molar-refractivity contribution in [1.29, 1.82) is 0 Å². The first kappa shape index (κ1) is 21.4. The van der Waals surface area contributed by atoms with Crippen molar-refractivity contribution in [1.82, 2.24) is 9.55 Å². The number of hydrogen-bond acceptors (Lipinski definition) is 4. The summed E-state index contributed by atoms with van der Waals surface area (Å²) < 4.78 is 46.1. The number of carbonyl (C=O) groups is 1. The Bertz CT molecular complexity index is 1310. The molecule has 0 N–H and O–H groups in total. The number of methoxy groups -OCH3 is 1. The van der Waals surface area contributed by atoms with Crippen molar-refractivity contribution in [3.63, 3.8) is 0 Å². The molecular formula is C24H20F3N3O2. The van der Waals surface area contributed by atoms with Crippen LogP contribution < -0.4 is 4.90 Å². The Labute approximate surface area is 182 Å². The molecule has 0 aliphatic carbocycles. The van der Waals surface area contributed by atoms with E-state index in [4.69, 9.17) is 9.72 Å². The standard InChI is InChI=1S/C24H20F3N3O2/c1-29(18-10-5-9-17(14-18)24(25,26)27)23-28-21-19(11-6-12-20(21)30(23)2)15-7-4-8-16(13-15)22(31)32-3/h4-14H,1-3H3. The monoisotopic (exact) mass is 439 g/mol. The highest BCUT2D eigenvalue weighted by atomic mass is 19.4. The molecule has 5 nitrogen and oxygen atoms in total. The number of nitrogens with zero attached hydrogens (tertiary/aromatic N) is 3. The molecule has 1 heterocycles. The van der Waals surface area contributed by atoms with E-state index in [1.54, 1.807) is 36.2 Å². The van der Waals surface area contributed by atoms with Crippen LogP contribution in [0.15, 0.2) is 66.7 Å². The fourth-order valence-electron chi connectivity index (χ4n) is 3.67. The van der Waals surface area contributed by atoms with Gasteiger partial charge in [-0.1, -0.05) is 30.3 Å². The van der Waals surface area contributed by atoms with Gasteiger partial charge in [-0.25, -0.2) is 9.78 Å². The number of aromatic nitrogens is 2. The van der Waals surface area contributed by atoms with Crippen molar-refractivity contribution >= 4 is 28.6 Å². The fraction of sp³-hybridized carbons (Fsp3) is 0.167. The summed E-state index contributed by atoms with van der Waals surface area (Å²) in [5.74, 6) is 0.0425. The van der Waals surface area contributed by atoms with Gasteiger partial charge in [0.1, 0.15) is 0 Å². The molecule has 0 bridgehead atoms. The molecule has 0 atom stereocenters.